The summed E-state index contributed by atoms with van der Waals surface area (Å²) >= 11 is 3.07. The van der Waals surface area contributed by atoms with E-state index < -0.39 is 0 Å². The Balaban J connectivity index is 1.82. The van der Waals surface area contributed by atoms with E-state index in [0.717, 1.165) is 28.0 Å². The van der Waals surface area contributed by atoms with Crippen LogP contribution in [-0.4, -0.2) is 34.9 Å². The van der Waals surface area contributed by atoms with E-state index in [0.29, 0.717) is 18.0 Å². The Kier molecular flexibility index (Phi) is 6.58. The first-order valence-electron chi connectivity index (χ1n) is 9.08. The van der Waals surface area contributed by atoms with Gasteiger partial charge in [-0.25, -0.2) is 9.97 Å². The second-order valence-corrected chi connectivity index (χ2v) is 8.30. The molecule has 1 atom stereocenters. The molecule has 0 spiro atoms. The van der Waals surface area contributed by atoms with Gasteiger partial charge in [-0.05, 0) is 30.4 Å². The summed E-state index contributed by atoms with van der Waals surface area (Å²) in [6, 6.07) is 4.31. The van der Waals surface area contributed by atoms with E-state index in [4.69, 9.17) is 0 Å². The number of rotatable bonds is 8. The summed E-state index contributed by atoms with van der Waals surface area (Å²) in [5.74, 6) is 0.466. The number of anilines is 1. The minimum Gasteiger partial charge on any atom is -0.362 e. The molecular weight excluding hydrogens is 394 g/mol. The molecule has 2 amide bonds. The van der Waals surface area contributed by atoms with E-state index in [9.17, 15) is 9.59 Å². The number of aromatic nitrogens is 2. The Hall–Kier alpha value is -2.52. The van der Waals surface area contributed by atoms with Crippen LogP contribution >= 0.6 is 22.7 Å². The second kappa shape index (κ2) is 9.11. The molecule has 28 heavy (non-hydrogen) atoms. The van der Waals surface area contributed by atoms with Gasteiger partial charge in [-0.15, -0.1) is 22.7 Å². The Morgan fingerprint density at radius 2 is 2.00 bits per heavy atom. The lowest BCUT2D eigenvalue weighted by Gasteiger charge is -2.16. The minimum absolute atomic E-state index is 0.116. The van der Waals surface area contributed by atoms with Crippen molar-refractivity contribution in [1.82, 2.24) is 20.6 Å². The van der Waals surface area contributed by atoms with E-state index in [-0.39, 0.29) is 17.9 Å². The van der Waals surface area contributed by atoms with Crippen molar-refractivity contribution in [3.05, 3.63) is 39.2 Å². The van der Waals surface area contributed by atoms with Gasteiger partial charge in [0.1, 0.15) is 17.0 Å². The molecule has 0 aliphatic carbocycles. The quantitative estimate of drug-likeness (QED) is 0.488. The molecule has 0 aliphatic rings. The third-order valence-corrected chi connectivity index (χ3v) is 6.51. The molecule has 0 radical (unpaired) electrons. The largest absolute Gasteiger partial charge is 0.362 e. The Labute approximate surface area is 171 Å². The third kappa shape index (κ3) is 4.48. The van der Waals surface area contributed by atoms with Crippen molar-refractivity contribution >= 4 is 50.5 Å². The van der Waals surface area contributed by atoms with E-state index in [1.54, 1.807) is 11.3 Å². The molecule has 0 bridgehead atoms. The van der Waals surface area contributed by atoms with Crippen LogP contribution in [0.5, 0.6) is 0 Å². The molecule has 0 aliphatic heterocycles. The molecule has 3 N–H and O–H groups in total. The average molecular weight is 418 g/mol. The van der Waals surface area contributed by atoms with Crippen molar-refractivity contribution in [3.63, 3.8) is 0 Å². The summed E-state index contributed by atoms with van der Waals surface area (Å²) < 4.78 is 0. The van der Waals surface area contributed by atoms with Crippen LogP contribution < -0.4 is 16.0 Å². The van der Waals surface area contributed by atoms with Crippen LogP contribution in [0.25, 0.3) is 10.2 Å². The van der Waals surface area contributed by atoms with Gasteiger partial charge in [0.25, 0.3) is 5.91 Å². The summed E-state index contributed by atoms with van der Waals surface area (Å²) in [6.45, 7) is 6.27. The number of aryl methyl sites for hydroxylation is 1. The molecule has 0 unspecified atom stereocenters. The van der Waals surface area contributed by atoms with Gasteiger partial charge in [-0.1, -0.05) is 13.0 Å². The van der Waals surface area contributed by atoms with Crippen LogP contribution in [0, 0.1) is 6.92 Å². The van der Waals surface area contributed by atoms with Crippen LogP contribution in [-0.2, 0) is 4.79 Å². The molecule has 3 aromatic rings. The first-order valence-corrected chi connectivity index (χ1v) is 10.8. The zero-order valence-electron chi connectivity index (χ0n) is 16.0. The lowest BCUT2D eigenvalue weighted by atomic mass is 10.1. The molecule has 3 heterocycles. The highest BCUT2D eigenvalue weighted by Crippen LogP contribution is 2.35. The number of fused-ring (bicyclic) bond motifs is 1. The molecule has 3 aromatic heterocycles. The standard InChI is InChI=1S/C19H23N5O2S2/c1-4-13(14-6-5-9-27-14)24-17-15-11(2)16(28-19(15)23-10-22-17)18(26)21-8-7-20-12(3)25/h5-6,9-10,13H,4,7-8H2,1-3H3,(H,20,25)(H,21,26)(H,22,23,24)/t13-/m0/s1. The van der Waals surface area contributed by atoms with Gasteiger partial charge < -0.3 is 16.0 Å². The second-order valence-electron chi connectivity index (χ2n) is 6.32. The van der Waals surface area contributed by atoms with Crippen molar-refractivity contribution in [3.8, 4) is 0 Å². The van der Waals surface area contributed by atoms with E-state index in [1.807, 2.05) is 13.0 Å². The van der Waals surface area contributed by atoms with Crippen molar-refractivity contribution in [2.45, 2.75) is 33.2 Å². The minimum atomic E-state index is -0.165. The van der Waals surface area contributed by atoms with Gasteiger partial charge in [0, 0.05) is 24.9 Å². The highest BCUT2D eigenvalue weighted by atomic mass is 32.1. The summed E-state index contributed by atoms with van der Waals surface area (Å²) in [6.07, 6.45) is 2.45. The molecule has 148 valence electrons. The van der Waals surface area contributed by atoms with Gasteiger partial charge in [-0.3, -0.25) is 9.59 Å². The van der Waals surface area contributed by atoms with Gasteiger partial charge in [-0.2, -0.15) is 0 Å². The molecule has 0 fully saturated rings. The number of carbonyl (C=O) groups excluding carboxylic acids is 2. The van der Waals surface area contributed by atoms with Crippen molar-refractivity contribution in [2.75, 3.05) is 18.4 Å². The highest BCUT2D eigenvalue weighted by Gasteiger charge is 2.21. The number of carbonyl (C=O) groups is 2. The van der Waals surface area contributed by atoms with Crippen LogP contribution in [0.3, 0.4) is 0 Å². The fourth-order valence-corrected chi connectivity index (χ4v) is 4.85. The predicted octanol–water partition coefficient (Wildman–Crippen LogP) is 3.49. The smallest absolute Gasteiger partial charge is 0.261 e. The van der Waals surface area contributed by atoms with Crippen LogP contribution in [0.15, 0.2) is 23.8 Å². The summed E-state index contributed by atoms with van der Waals surface area (Å²) in [5, 5.41) is 12.0. The zero-order valence-corrected chi connectivity index (χ0v) is 17.7. The number of thiophene rings is 2. The maximum Gasteiger partial charge on any atom is 0.261 e. The van der Waals surface area contributed by atoms with E-state index >= 15 is 0 Å². The van der Waals surface area contributed by atoms with E-state index in [2.05, 4.69) is 44.3 Å². The summed E-state index contributed by atoms with van der Waals surface area (Å²) in [7, 11) is 0. The predicted molar refractivity (Wildman–Crippen MR) is 114 cm³/mol. The van der Waals surface area contributed by atoms with E-state index in [1.165, 1.54) is 29.5 Å². The molecule has 0 saturated heterocycles. The molecule has 0 aromatic carbocycles. The third-order valence-electron chi connectivity index (χ3n) is 4.32. The maximum absolute atomic E-state index is 12.6. The Bertz CT molecular complexity index is 968. The number of hydrogen-bond acceptors (Lipinski definition) is 7. The zero-order chi connectivity index (χ0) is 20.1. The maximum atomic E-state index is 12.6. The molecule has 0 saturated carbocycles. The van der Waals surface area contributed by atoms with Crippen LogP contribution in [0.4, 0.5) is 5.82 Å². The molecule has 3 rings (SSSR count). The summed E-state index contributed by atoms with van der Waals surface area (Å²) in [5.41, 5.74) is 0.862. The lowest BCUT2D eigenvalue weighted by Crippen LogP contribution is -2.33. The number of nitrogens with one attached hydrogen (secondary N) is 3. The van der Waals surface area contributed by atoms with Crippen molar-refractivity contribution in [2.24, 2.45) is 0 Å². The monoisotopic (exact) mass is 417 g/mol. The van der Waals surface area contributed by atoms with Crippen molar-refractivity contribution in [1.29, 1.82) is 0 Å². The Morgan fingerprint density at radius 3 is 2.68 bits per heavy atom. The lowest BCUT2D eigenvalue weighted by molar-refractivity contribution is -0.118. The number of amides is 2. The molecule has 7 nitrogen and oxygen atoms in total. The van der Waals surface area contributed by atoms with Gasteiger partial charge in [0.2, 0.25) is 5.91 Å². The first kappa shape index (κ1) is 20.2. The van der Waals surface area contributed by atoms with Gasteiger partial charge >= 0.3 is 0 Å². The topological polar surface area (TPSA) is 96.0 Å². The van der Waals surface area contributed by atoms with Crippen LogP contribution in [0.2, 0.25) is 0 Å². The molecule has 9 heteroatoms. The average Bonchev–Trinajstić information content (AvgIpc) is 3.32. The normalized spacial score (nSPS) is 12.0. The first-order chi connectivity index (χ1) is 13.5. The fourth-order valence-electron chi connectivity index (χ4n) is 2.92. The number of hydrogen-bond donors (Lipinski definition) is 3. The Morgan fingerprint density at radius 1 is 1.21 bits per heavy atom. The van der Waals surface area contributed by atoms with Crippen LogP contribution in [0.1, 0.15) is 46.4 Å². The van der Waals surface area contributed by atoms with Gasteiger partial charge in [0.15, 0.2) is 0 Å². The van der Waals surface area contributed by atoms with Gasteiger partial charge in [0.05, 0.1) is 16.3 Å². The SMILES string of the molecule is CC[C@H](Nc1ncnc2sc(C(=O)NCCNC(C)=O)c(C)c12)c1cccs1. The highest BCUT2D eigenvalue weighted by molar-refractivity contribution is 7.20. The van der Waals surface area contributed by atoms with Crippen molar-refractivity contribution < 1.29 is 9.59 Å². The summed E-state index contributed by atoms with van der Waals surface area (Å²) in [4.78, 5) is 34.9. The fraction of sp³-hybridized carbons (Fsp3) is 0.368. The number of nitrogens with zero attached hydrogens (tertiary/aromatic N) is 2. The molecular formula is C19H23N5O2S2.